The number of carbonyl (C=O) groups is 1. The van der Waals surface area contributed by atoms with Crippen LogP contribution in [-0.2, 0) is 11.2 Å². The summed E-state index contributed by atoms with van der Waals surface area (Å²) in [6.07, 6.45) is 9.73. The minimum absolute atomic E-state index is 0.0178. The van der Waals surface area contributed by atoms with Gasteiger partial charge in [0.15, 0.2) is 0 Å². The fourth-order valence-corrected chi connectivity index (χ4v) is 3.77. The van der Waals surface area contributed by atoms with E-state index >= 15 is 0 Å². The molecule has 1 amide bonds. The predicted octanol–water partition coefficient (Wildman–Crippen LogP) is 4.43. The van der Waals surface area contributed by atoms with Gasteiger partial charge in [-0.1, -0.05) is 31.2 Å². The topological polar surface area (TPSA) is 111 Å². The summed E-state index contributed by atoms with van der Waals surface area (Å²) in [5.41, 5.74) is 3.00. The molecule has 0 saturated carbocycles. The smallest absolute Gasteiger partial charge is 0.223 e. The van der Waals surface area contributed by atoms with E-state index in [1.165, 1.54) is 5.56 Å². The second-order valence-electron chi connectivity index (χ2n) is 9.17. The number of benzene rings is 2. The molecule has 0 atom stereocenters. The van der Waals surface area contributed by atoms with Crippen molar-refractivity contribution in [1.29, 1.82) is 5.26 Å². The lowest BCUT2D eigenvalue weighted by Crippen LogP contribution is -2.31. The first kappa shape index (κ1) is 31.2. The molecule has 2 aromatic rings. The maximum atomic E-state index is 12.2. The number of unbranched alkanes of at least 4 members (excludes halogenated alkanes) is 1. The number of amides is 1. The van der Waals surface area contributed by atoms with Crippen molar-refractivity contribution in [2.75, 3.05) is 52.8 Å². The zero-order valence-electron chi connectivity index (χ0n) is 23.6. The van der Waals surface area contributed by atoms with Crippen molar-refractivity contribution in [3.8, 4) is 17.7 Å². The van der Waals surface area contributed by atoms with Crippen LogP contribution in [0.3, 0.4) is 0 Å². The number of anilines is 1. The molecule has 210 valence electrons. The molecular weight excluding hydrogens is 492 g/mol. The van der Waals surface area contributed by atoms with Gasteiger partial charge >= 0.3 is 0 Å². The zero-order chi connectivity index (χ0) is 28.3. The van der Waals surface area contributed by atoms with Crippen LogP contribution in [0.1, 0.15) is 43.7 Å². The van der Waals surface area contributed by atoms with E-state index in [0.29, 0.717) is 18.9 Å². The summed E-state index contributed by atoms with van der Waals surface area (Å²) in [6, 6.07) is 13.7. The number of aliphatic imine (C=N–C) groups is 1. The molecule has 0 unspecified atom stereocenters. The van der Waals surface area contributed by atoms with Gasteiger partial charge in [0.25, 0.3) is 0 Å². The molecule has 2 rings (SSSR count). The number of nitriles is 1. The number of guanidine groups is 1. The Kier molecular flexibility index (Phi) is 14.6. The lowest BCUT2D eigenvalue weighted by Gasteiger charge is -2.17. The number of rotatable bonds is 16. The first-order valence-corrected chi connectivity index (χ1v) is 13.4. The minimum atomic E-state index is 0.0178. The minimum Gasteiger partial charge on any atom is -0.497 e. The summed E-state index contributed by atoms with van der Waals surface area (Å²) in [5, 5.41) is 18.0. The summed E-state index contributed by atoms with van der Waals surface area (Å²) < 4.78 is 10.7. The third-order valence-corrected chi connectivity index (χ3v) is 5.97. The third kappa shape index (κ3) is 12.9. The lowest BCUT2D eigenvalue weighted by molar-refractivity contribution is -0.120. The van der Waals surface area contributed by atoms with Crippen molar-refractivity contribution in [1.82, 2.24) is 15.5 Å². The average Bonchev–Trinajstić information content (AvgIpc) is 2.95. The van der Waals surface area contributed by atoms with Crippen molar-refractivity contribution >= 4 is 23.6 Å². The summed E-state index contributed by atoms with van der Waals surface area (Å²) in [7, 11) is 5.44. The summed E-state index contributed by atoms with van der Waals surface area (Å²) in [5.74, 6) is 2.06. The van der Waals surface area contributed by atoms with Crippen molar-refractivity contribution in [2.24, 2.45) is 4.99 Å². The van der Waals surface area contributed by atoms with Crippen LogP contribution in [0.4, 0.5) is 5.69 Å². The lowest BCUT2D eigenvalue weighted by atomic mass is 10.1. The van der Waals surface area contributed by atoms with Gasteiger partial charge in [-0.15, -0.1) is 4.99 Å². The van der Waals surface area contributed by atoms with Crippen molar-refractivity contribution < 1.29 is 14.3 Å². The summed E-state index contributed by atoms with van der Waals surface area (Å²) in [6.45, 7) is 5.36. The predicted molar refractivity (Wildman–Crippen MR) is 158 cm³/mol. The van der Waals surface area contributed by atoms with Gasteiger partial charge in [0.1, 0.15) is 11.5 Å². The van der Waals surface area contributed by atoms with Gasteiger partial charge in [0, 0.05) is 37.8 Å². The molecular formula is C30H42N6O3. The van der Waals surface area contributed by atoms with Crippen LogP contribution in [0.25, 0.3) is 6.08 Å². The van der Waals surface area contributed by atoms with Gasteiger partial charge in [-0.3, -0.25) is 4.79 Å². The molecule has 3 N–H and O–H groups in total. The van der Waals surface area contributed by atoms with E-state index in [4.69, 9.17) is 14.7 Å². The van der Waals surface area contributed by atoms with Crippen LogP contribution in [0.15, 0.2) is 53.5 Å². The largest absolute Gasteiger partial charge is 0.497 e. The van der Waals surface area contributed by atoms with E-state index in [1.807, 2.05) is 61.5 Å². The molecule has 0 spiro atoms. The molecule has 9 nitrogen and oxygen atoms in total. The molecule has 0 aromatic heterocycles. The van der Waals surface area contributed by atoms with Crippen LogP contribution < -0.4 is 25.4 Å². The molecule has 0 heterocycles. The number of nitrogens with one attached hydrogen (secondary N) is 3. The van der Waals surface area contributed by atoms with Crippen LogP contribution in [0.2, 0.25) is 0 Å². The highest BCUT2D eigenvalue weighted by Crippen LogP contribution is 2.22. The van der Waals surface area contributed by atoms with Gasteiger partial charge in [-0.05, 0) is 74.7 Å². The van der Waals surface area contributed by atoms with Gasteiger partial charge in [-0.2, -0.15) is 5.26 Å². The van der Waals surface area contributed by atoms with Crippen molar-refractivity contribution in [3.63, 3.8) is 0 Å². The molecule has 0 aliphatic heterocycles. The number of methoxy groups -OCH3 is 2. The Labute approximate surface area is 232 Å². The number of hydrogen-bond acceptors (Lipinski definition) is 6. The Morgan fingerprint density at radius 1 is 1.03 bits per heavy atom. The monoisotopic (exact) mass is 534 g/mol. The van der Waals surface area contributed by atoms with Crippen LogP contribution >= 0.6 is 0 Å². The Morgan fingerprint density at radius 2 is 1.74 bits per heavy atom. The number of hydrogen-bond donors (Lipinski definition) is 3. The fraction of sp³-hybridized carbons (Fsp3) is 0.433. The number of ether oxygens (including phenoxy) is 2. The highest BCUT2D eigenvalue weighted by molar-refractivity contribution is 5.94. The Balaban J connectivity index is 1.62. The number of likely N-dealkylation sites (N-methyl/N-ethyl adjacent to an activating group) is 1. The molecule has 0 aliphatic carbocycles. The van der Waals surface area contributed by atoms with E-state index in [-0.39, 0.29) is 5.91 Å². The van der Waals surface area contributed by atoms with Crippen LogP contribution in [0, 0.1) is 11.5 Å². The van der Waals surface area contributed by atoms with Gasteiger partial charge in [-0.25, -0.2) is 0 Å². The molecule has 39 heavy (non-hydrogen) atoms. The second-order valence-corrected chi connectivity index (χ2v) is 9.17. The maximum Gasteiger partial charge on any atom is 0.223 e. The van der Waals surface area contributed by atoms with E-state index in [1.54, 1.807) is 20.4 Å². The van der Waals surface area contributed by atoms with Crippen molar-refractivity contribution in [2.45, 2.75) is 39.0 Å². The highest BCUT2D eigenvalue weighted by atomic mass is 16.5. The van der Waals surface area contributed by atoms with E-state index in [2.05, 4.69) is 32.9 Å². The van der Waals surface area contributed by atoms with Gasteiger partial charge < -0.3 is 30.3 Å². The fourth-order valence-electron chi connectivity index (χ4n) is 3.77. The molecule has 0 bridgehead atoms. The van der Waals surface area contributed by atoms with E-state index < -0.39 is 0 Å². The van der Waals surface area contributed by atoms with E-state index in [9.17, 15) is 4.79 Å². The first-order valence-electron chi connectivity index (χ1n) is 13.4. The second kappa shape index (κ2) is 18.3. The molecule has 2 aromatic carbocycles. The zero-order valence-corrected chi connectivity index (χ0v) is 23.6. The quantitative estimate of drug-likeness (QED) is 0.126. The Morgan fingerprint density at radius 3 is 2.38 bits per heavy atom. The molecule has 0 aliphatic rings. The summed E-state index contributed by atoms with van der Waals surface area (Å²) >= 11 is 0. The van der Waals surface area contributed by atoms with E-state index in [0.717, 1.165) is 68.1 Å². The van der Waals surface area contributed by atoms with Crippen molar-refractivity contribution in [3.05, 3.63) is 59.7 Å². The molecule has 0 radical (unpaired) electrons. The third-order valence-electron chi connectivity index (χ3n) is 5.97. The Bertz CT molecular complexity index is 1090. The molecule has 0 fully saturated rings. The van der Waals surface area contributed by atoms with Gasteiger partial charge in [0.05, 0.1) is 14.2 Å². The first-order chi connectivity index (χ1) is 19.0. The highest BCUT2D eigenvalue weighted by Gasteiger charge is 2.05. The normalized spacial score (nSPS) is 11.3. The number of carbonyl (C=O) groups excluding carboxylic acids is 1. The molecule has 0 saturated heterocycles. The maximum absolute atomic E-state index is 12.2. The summed E-state index contributed by atoms with van der Waals surface area (Å²) in [4.78, 5) is 18.2. The number of nitrogens with zero attached hydrogens (tertiary/aromatic N) is 3. The average molecular weight is 535 g/mol. The molecule has 9 heteroatoms. The Hall–Kier alpha value is -4.03. The van der Waals surface area contributed by atoms with Crippen LogP contribution in [0.5, 0.6) is 11.5 Å². The SMILES string of the molecule is CCCNC(=NC#N)Nc1ccc(/C=C/CC(=O)NCCCCN(C)CCc2cc(OC)cc(OC)c2)cc1. The van der Waals surface area contributed by atoms with Gasteiger partial charge in [0.2, 0.25) is 18.1 Å². The van der Waals surface area contributed by atoms with Crippen LogP contribution in [-0.4, -0.2) is 64.2 Å². The standard InChI is InChI=1S/C30H42N6O3/c1-5-16-33-30(34-23-31)35-26-13-11-24(12-14-26)9-8-10-29(37)32-17-6-7-18-36(2)19-15-25-20-27(38-3)22-28(21-25)39-4/h8-9,11-14,20-22H,5-7,10,15-19H2,1-4H3,(H,32,37)(H2,33,34,35)/b9-8+.